The second-order valence-electron chi connectivity index (χ2n) is 21.3. The maximum Gasteiger partial charge on any atom is 0.335 e. The number of rotatable bonds is 53. The molecule has 1 heterocycles. The Balaban J connectivity index is 2.68. The number of hydrogen-bond acceptors (Lipinski definition) is 11. The molecule has 1 aliphatic rings. The van der Waals surface area contributed by atoms with Gasteiger partial charge in [-0.25, -0.2) is 4.79 Å². The molecule has 0 aromatic rings. The van der Waals surface area contributed by atoms with Crippen molar-refractivity contribution in [1.82, 2.24) is 0 Å². The van der Waals surface area contributed by atoms with E-state index in [1.807, 2.05) is 0 Å². The molecule has 0 aliphatic carbocycles. The summed E-state index contributed by atoms with van der Waals surface area (Å²) in [5.74, 6) is -3.16. The van der Waals surface area contributed by atoms with Gasteiger partial charge in [-0.1, -0.05) is 215 Å². The number of aliphatic carboxylic acids is 1. The van der Waals surface area contributed by atoms with Crippen molar-refractivity contribution in [2.45, 2.75) is 302 Å². The average molecular weight is 1110 g/mol. The lowest BCUT2D eigenvalue weighted by atomic mass is 9.98. The van der Waals surface area contributed by atoms with Gasteiger partial charge in [-0.3, -0.25) is 14.4 Å². The highest BCUT2D eigenvalue weighted by Crippen LogP contribution is 2.26. The Kier molecular flexibility index (Phi) is 50.3. The van der Waals surface area contributed by atoms with E-state index in [9.17, 15) is 34.5 Å². The van der Waals surface area contributed by atoms with Crippen LogP contribution in [0.5, 0.6) is 0 Å². The topological polar surface area (TPSA) is 175 Å². The third-order valence-corrected chi connectivity index (χ3v) is 13.9. The van der Waals surface area contributed by atoms with Crippen molar-refractivity contribution in [2.75, 3.05) is 13.2 Å². The number of hydrogen-bond donors (Lipinski definition) is 3. The summed E-state index contributed by atoms with van der Waals surface area (Å²) in [6.45, 7) is 5.82. The summed E-state index contributed by atoms with van der Waals surface area (Å²) in [6.07, 6.45) is 58.2. The Morgan fingerprint density at radius 2 is 0.797 bits per heavy atom. The molecule has 3 N–H and O–H groups in total. The van der Waals surface area contributed by atoms with Crippen molar-refractivity contribution in [1.29, 1.82) is 0 Å². The smallest absolute Gasteiger partial charge is 0.335 e. The summed E-state index contributed by atoms with van der Waals surface area (Å²) in [5, 5.41) is 31.6. The normalized spacial score (nSPS) is 18.4. The second-order valence-corrected chi connectivity index (χ2v) is 21.3. The van der Waals surface area contributed by atoms with E-state index in [-0.39, 0.29) is 25.9 Å². The summed E-state index contributed by atoms with van der Waals surface area (Å²) in [4.78, 5) is 51.3. The average Bonchev–Trinajstić information content (AvgIpc) is 3.46. The van der Waals surface area contributed by atoms with Crippen LogP contribution in [0, 0.1) is 0 Å². The third-order valence-electron chi connectivity index (χ3n) is 13.9. The highest BCUT2D eigenvalue weighted by Gasteiger charge is 2.50. The monoisotopic (exact) mass is 1110 g/mol. The molecule has 1 aliphatic heterocycles. The van der Waals surface area contributed by atoms with Gasteiger partial charge < -0.3 is 39.0 Å². The number of ether oxygens (including phenoxy) is 5. The Hall–Kier alpha value is -4.10. The van der Waals surface area contributed by atoms with Crippen LogP contribution in [0.3, 0.4) is 0 Å². The Morgan fingerprint density at radius 1 is 0.430 bits per heavy atom. The van der Waals surface area contributed by atoms with Gasteiger partial charge in [-0.2, -0.15) is 0 Å². The van der Waals surface area contributed by atoms with E-state index in [4.69, 9.17) is 23.7 Å². The molecular formula is C67H112O12. The molecular weight excluding hydrogens is 997 g/mol. The van der Waals surface area contributed by atoms with Crippen molar-refractivity contribution in [2.24, 2.45) is 0 Å². The van der Waals surface area contributed by atoms with Crippen molar-refractivity contribution in [3.8, 4) is 0 Å². The molecule has 79 heavy (non-hydrogen) atoms. The van der Waals surface area contributed by atoms with Gasteiger partial charge in [-0.15, -0.1) is 0 Å². The summed E-state index contributed by atoms with van der Waals surface area (Å²) in [6, 6.07) is 0. The minimum Gasteiger partial charge on any atom is -0.479 e. The third kappa shape index (κ3) is 44.3. The molecule has 0 radical (unpaired) electrons. The zero-order valence-electron chi connectivity index (χ0n) is 49.8. The van der Waals surface area contributed by atoms with Crippen LogP contribution in [-0.2, 0) is 42.9 Å². The minimum absolute atomic E-state index is 0.0497. The number of carboxylic acids is 1. The fraction of sp³-hybridized carbons (Fsp3) is 0.731. The van der Waals surface area contributed by atoms with Gasteiger partial charge in [0.2, 0.25) is 0 Å². The Morgan fingerprint density at radius 3 is 1.22 bits per heavy atom. The lowest BCUT2D eigenvalue weighted by Crippen LogP contribution is -2.61. The first kappa shape index (κ1) is 72.9. The standard InChI is InChI=1S/C67H112O12/c1-4-7-10-13-16-19-22-25-28-29-30-31-34-37-40-43-46-49-52-55-61(70)78-65-63(72)62(71)64(66(73)74)79-67(65)76-57-58(77-60(69)54-51-48-45-42-39-36-33-27-24-21-18-15-12-9-6-3)56-75-59(68)53-50-47-44-41-38-35-32-26-23-20-17-14-11-8-5-2/h8,11,16-21,25-28,32-33,58,62-65,67,71-72H,4-7,9-10,12-15,22-24,29-31,34-57H2,1-3H3,(H,73,74)/b11-8-,19-16-,20-17-,21-18-,28-25-,32-26-,33-27-. The molecule has 452 valence electrons. The van der Waals surface area contributed by atoms with E-state index in [1.165, 1.54) is 70.6 Å². The largest absolute Gasteiger partial charge is 0.479 e. The lowest BCUT2D eigenvalue weighted by Gasteiger charge is -2.40. The predicted molar refractivity (Wildman–Crippen MR) is 321 cm³/mol. The van der Waals surface area contributed by atoms with E-state index in [1.54, 1.807) is 0 Å². The van der Waals surface area contributed by atoms with Crippen LogP contribution >= 0.6 is 0 Å². The van der Waals surface area contributed by atoms with E-state index in [2.05, 4.69) is 106 Å². The number of carbonyl (C=O) groups excluding carboxylic acids is 3. The molecule has 1 saturated heterocycles. The number of esters is 3. The molecule has 0 saturated carbocycles. The van der Waals surface area contributed by atoms with Gasteiger partial charge in [-0.05, 0) is 116 Å². The van der Waals surface area contributed by atoms with Crippen LogP contribution < -0.4 is 0 Å². The Labute approximate surface area is 480 Å². The van der Waals surface area contributed by atoms with Gasteiger partial charge in [0.25, 0.3) is 0 Å². The van der Waals surface area contributed by atoms with Crippen LogP contribution in [0.4, 0.5) is 0 Å². The number of unbranched alkanes of at least 4 members (excludes halogenated alkanes) is 25. The van der Waals surface area contributed by atoms with Crippen molar-refractivity contribution in [3.05, 3.63) is 85.1 Å². The first-order valence-corrected chi connectivity index (χ1v) is 31.6. The maximum absolute atomic E-state index is 13.2. The van der Waals surface area contributed by atoms with Gasteiger partial charge >= 0.3 is 23.9 Å². The molecule has 0 aromatic carbocycles. The first-order valence-electron chi connectivity index (χ1n) is 31.6. The maximum atomic E-state index is 13.2. The Bertz CT molecular complexity index is 1700. The highest BCUT2D eigenvalue weighted by molar-refractivity contribution is 5.74. The second kappa shape index (κ2) is 54.5. The molecule has 12 heteroatoms. The molecule has 0 aromatic heterocycles. The number of aliphatic hydroxyl groups is 2. The fourth-order valence-electron chi connectivity index (χ4n) is 9.09. The molecule has 6 atom stereocenters. The van der Waals surface area contributed by atoms with Gasteiger partial charge in [0.05, 0.1) is 6.61 Å². The summed E-state index contributed by atoms with van der Waals surface area (Å²) >= 11 is 0. The van der Waals surface area contributed by atoms with Gasteiger partial charge in [0.15, 0.2) is 24.6 Å². The van der Waals surface area contributed by atoms with Gasteiger partial charge in [0.1, 0.15) is 18.8 Å². The number of aliphatic hydroxyl groups excluding tert-OH is 2. The van der Waals surface area contributed by atoms with Crippen molar-refractivity contribution < 1.29 is 58.2 Å². The van der Waals surface area contributed by atoms with E-state index in [0.717, 1.165) is 135 Å². The summed E-state index contributed by atoms with van der Waals surface area (Å²) in [5.41, 5.74) is 0. The number of carbonyl (C=O) groups is 4. The minimum atomic E-state index is -1.91. The molecule has 12 nitrogen and oxygen atoms in total. The zero-order valence-corrected chi connectivity index (χ0v) is 49.8. The van der Waals surface area contributed by atoms with Crippen molar-refractivity contribution in [3.63, 3.8) is 0 Å². The van der Waals surface area contributed by atoms with Crippen molar-refractivity contribution >= 4 is 23.9 Å². The zero-order chi connectivity index (χ0) is 57.5. The van der Waals surface area contributed by atoms with Crippen LogP contribution in [0.25, 0.3) is 0 Å². The molecule has 0 spiro atoms. The molecule has 0 bridgehead atoms. The predicted octanol–water partition coefficient (Wildman–Crippen LogP) is 16.7. The number of allylic oxidation sites excluding steroid dienone is 14. The van der Waals surface area contributed by atoms with Crippen LogP contribution in [0.15, 0.2) is 85.1 Å². The fourth-order valence-corrected chi connectivity index (χ4v) is 9.09. The molecule has 0 amide bonds. The van der Waals surface area contributed by atoms with E-state index >= 15 is 0 Å². The lowest BCUT2D eigenvalue weighted by molar-refractivity contribution is -0.301. The van der Waals surface area contributed by atoms with Crippen LogP contribution in [0.2, 0.25) is 0 Å². The molecule has 1 rings (SSSR count). The van der Waals surface area contributed by atoms with E-state index in [0.29, 0.717) is 19.3 Å². The van der Waals surface area contributed by atoms with E-state index < -0.39 is 67.3 Å². The molecule has 1 fully saturated rings. The number of carboxylic acid groups (broad SMARTS) is 1. The summed E-state index contributed by atoms with van der Waals surface area (Å²) < 4.78 is 28.5. The van der Waals surface area contributed by atoms with Crippen LogP contribution in [-0.4, -0.2) is 89.2 Å². The summed E-state index contributed by atoms with van der Waals surface area (Å²) in [7, 11) is 0. The highest BCUT2D eigenvalue weighted by atomic mass is 16.7. The SMILES string of the molecule is CC/C=C\C/C=C\C/C=C\CCCCCCCC(=O)OCC(COC1OC(C(=O)O)C(O)C(O)C1OC(=O)CCCCCCCCCCC/C=C\C/C=C\CCCCC)OC(=O)CCCCCCC/C=C\C/C=C\CCCCC. The van der Waals surface area contributed by atoms with Crippen LogP contribution in [0.1, 0.15) is 265 Å². The van der Waals surface area contributed by atoms with Gasteiger partial charge in [0, 0.05) is 19.3 Å². The molecule has 6 unspecified atom stereocenters. The quantitative estimate of drug-likeness (QED) is 0.0228. The first-order chi connectivity index (χ1) is 38.6.